The molecule has 0 aliphatic rings. The Labute approximate surface area is 175 Å². The SMILES string of the molecule is O=COCOCCOc1ccc2nc(-c3cn(-c4ccc(O)c(F)c4)nn3)ccc2c1. The van der Waals surface area contributed by atoms with Gasteiger partial charge in [0.25, 0.3) is 6.47 Å². The number of halogens is 1. The van der Waals surface area contributed by atoms with Crippen LogP contribution in [0.3, 0.4) is 0 Å². The molecule has 0 atom stereocenters. The number of carbonyl (C=O) groups excluding carboxylic acids is 1. The molecule has 1 N–H and O–H groups in total. The number of aromatic hydroxyl groups is 1. The molecule has 0 saturated carbocycles. The van der Waals surface area contributed by atoms with Crippen molar-refractivity contribution in [1.29, 1.82) is 0 Å². The van der Waals surface area contributed by atoms with Crippen LogP contribution >= 0.6 is 0 Å². The summed E-state index contributed by atoms with van der Waals surface area (Å²) in [4.78, 5) is 14.6. The van der Waals surface area contributed by atoms with Gasteiger partial charge in [-0.05, 0) is 36.4 Å². The Hall–Kier alpha value is -4.05. The van der Waals surface area contributed by atoms with E-state index in [1.807, 2.05) is 18.2 Å². The van der Waals surface area contributed by atoms with Crippen molar-refractivity contribution < 1.29 is 28.5 Å². The zero-order chi connectivity index (χ0) is 21.6. The molecule has 2 heterocycles. The summed E-state index contributed by atoms with van der Waals surface area (Å²) in [5.74, 6) is -0.511. The fourth-order valence-electron chi connectivity index (χ4n) is 2.84. The Kier molecular flexibility index (Phi) is 5.99. The van der Waals surface area contributed by atoms with E-state index in [1.165, 1.54) is 22.9 Å². The van der Waals surface area contributed by atoms with Crippen LogP contribution in [0.25, 0.3) is 28.0 Å². The lowest BCUT2D eigenvalue weighted by Gasteiger charge is -2.08. The summed E-state index contributed by atoms with van der Waals surface area (Å²) < 4.78 is 30.1. The number of hydrogen-bond acceptors (Lipinski definition) is 8. The molecule has 2 aromatic carbocycles. The number of rotatable bonds is 9. The lowest BCUT2D eigenvalue weighted by atomic mass is 10.2. The first-order valence-electron chi connectivity index (χ1n) is 9.22. The van der Waals surface area contributed by atoms with E-state index >= 15 is 0 Å². The quantitative estimate of drug-likeness (QED) is 0.248. The molecule has 0 aliphatic heterocycles. The zero-order valence-electron chi connectivity index (χ0n) is 16.1. The summed E-state index contributed by atoms with van der Waals surface area (Å²) >= 11 is 0. The second kappa shape index (κ2) is 9.18. The number of carbonyl (C=O) groups is 1. The van der Waals surface area contributed by atoms with E-state index in [2.05, 4.69) is 20.0 Å². The molecule has 0 aliphatic carbocycles. The minimum Gasteiger partial charge on any atom is -0.505 e. The second-order valence-electron chi connectivity index (χ2n) is 6.37. The molecule has 0 bridgehead atoms. The van der Waals surface area contributed by atoms with Gasteiger partial charge in [0.2, 0.25) is 0 Å². The Morgan fingerprint density at radius 3 is 2.81 bits per heavy atom. The first-order chi connectivity index (χ1) is 15.1. The molecule has 10 heteroatoms. The number of nitrogens with zero attached hydrogens (tertiary/aromatic N) is 4. The second-order valence-corrected chi connectivity index (χ2v) is 6.37. The topological polar surface area (TPSA) is 109 Å². The minimum atomic E-state index is -0.739. The summed E-state index contributed by atoms with van der Waals surface area (Å²) in [5.41, 5.74) is 2.30. The monoisotopic (exact) mass is 424 g/mol. The third kappa shape index (κ3) is 4.75. The minimum absolute atomic E-state index is 0.108. The van der Waals surface area contributed by atoms with Crippen LogP contribution in [-0.4, -0.2) is 51.6 Å². The number of ether oxygens (including phenoxy) is 3. The van der Waals surface area contributed by atoms with Crippen molar-refractivity contribution in [3.05, 3.63) is 60.5 Å². The van der Waals surface area contributed by atoms with Crippen molar-refractivity contribution in [3.8, 4) is 28.6 Å². The highest BCUT2D eigenvalue weighted by molar-refractivity contribution is 5.82. The van der Waals surface area contributed by atoms with E-state index < -0.39 is 11.6 Å². The van der Waals surface area contributed by atoms with Crippen molar-refractivity contribution in [2.45, 2.75) is 0 Å². The number of phenolic OH excluding ortho intramolecular Hbond substituents is 1. The fraction of sp³-hybridized carbons (Fsp3) is 0.143. The van der Waals surface area contributed by atoms with E-state index in [1.54, 1.807) is 18.3 Å². The Balaban J connectivity index is 1.46. The van der Waals surface area contributed by atoms with Crippen molar-refractivity contribution in [3.63, 3.8) is 0 Å². The zero-order valence-corrected chi connectivity index (χ0v) is 16.1. The maximum Gasteiger partial charge on any atom is 0.295 e. The lowest BCUT2D eigenvalue weighted by Crippen LogP contribution is -2.08. The summed E-state index contributed by atoms with van der Waals surface area (Å²) in [7, 11) is 0. The number of benzene rings is 2. The lowest BCUT2D eigenvalue weighted by molar-refractivity contribution is -0.141. The summed E-state index contributed by atoms with van der Waals surface area (Å²) in [5, 5.41) is 18.3. The summed E-state index contributed by atoms with van der Waals surface area (Å²) in [6, 6.07) is 13.1. The molecular weight excluding hydrogens is 407 g/mol. The molecule has 9 nitrogen and oxygen atoms in total. The molecule has 0 amide bonds. The van der Waals surface area contributed by atoms with Gasteiger partial charge in [-0.25, -0.2) is 14.1 Å². The van der Waals surface area contributed by atoms with E-state index in [0.717, 1.165) is 10.9 Å². The third-order valence-corrected chi connectivity index (χ3v) is 4.33. The molecule has 0 fully saturated rings. The molecule has 0 radical (unpaired) electrons. The van der Waals surface area contributed by atoms with E-state index in [4.69, 9.17) is 9.47 Å². The average molecular weight is 424 g/mol. The Morgan fingerprint density at radius 2 is 1.97 bits per heavy atom. The molecule has 31 heavy (non-hydrogen) atoms. The number of aromatic nitrogens is 4. The van der Waals surface area contributed by atoms with Gasteiger partial charge in [-0.15, -0.1) is 5.10 Å². The molecule has 0 saturated heterocycles. The van der Waals surface area contributed by atoms with Crippen LogP contribution in [0, 0.1) is 5.82 Å². The van der Waals surface area contributed by atoms with Gasteiger partial charge in [-0.2, -0.15) is 0 Å². The Bertz CT molecular complexity index is 1210. The van der Waals surface area contributed by atoms with Gasteiger partial charge in [0, 0.05) is 11.5 Å². The largest absolute Gasteiger partial charge is 0.505 e. The summed E-state index contributed by atoms with van der Waals surface area (Å²) in [6.07, 6.45) is 1.63. The maximum absolute atomic E-state index is 13.6. The van der Waals surface area contributed by atoms with Crippen LogP contribution in [0.2, 0.25) is 0 Å². The summed E-state index contributed by atoms with van der Waals surface area (Å²) in [6.45, 7) is 0.798. The van der Waals surface area contributed by atoms with Crippen molar-refractivity contribution in [1.82, 2.24) is 20.0 Å². The third-order valence-electron chi connectivity index (χ3n) is 4.33. The van der Waals surface area contributed by atoms with E-state index in [0.29, 0.717) is 35.9 Å². The van der Waals surface area contributed by atoms with Crippen LogP contribution in [0.1, 0.15) is 0 Å². The van der Waals surface area contributed by atoms with Crippen molar-refractivity contribution in [2.24, 2.45) is 0 Å². The first-order valence-corrected chi connectivity index (χ1v) is 9.22. The predicted octanol–water partition coefficient (Wildman–Crippen LogP) is 2.85. The number of pyridine rings is 1. The molecule has 0 spiro atoms. The van der Waals surface area contributed by atoms with Gasteiger partial charge in [0.05, 0.1) is 29.7 Å². The smallest absolute Gasteiger partial charge is 0.295 e. The molecule has 0 unspecified atom stereocenters. The molecule has 2 aromatic heterocycles. The van der Waals surface area contributed by atoms with Crippen LogP contribution < -0.4 is 4.74 Å². The van der Waals surface area contributed by atoms with Gasteiger partial charge >= 0.3 is 0 Å². The molecule has 4 aromatic rings. The predicted molar refractivity (Wildman–Crippen MR) is 107 cm³/mol. The van der Waals surface area contributed by atoms with E-state index in [-0.39, 0.29) is 13.4 Å². The van der Waals surface area contributed by atoms with Crippen LogP contribution in [0.15, 0.2) is 54.7 Å². The van der Waals surface area contributed by atoms with Crippen molar-refractivity contribution in [2.75, 3.05) is 20.0 Å². The standard InChI is InChI=1S/C21H17FN4O5/c22-17-10-15(2-6-21(17)28)26-11-20(24-25-26)19-4-1-14-9-16(3-5-18(14)23-19)31-8-7-29-13-30-12-27/h1-6,9-12,28H,7-8,13H2. The molecular formula is C21H17FN4O5. The first kappa shape index (κ1) is 20.2. The molecule has 158 valence electrons. The normalized spacial score (nSPS) is 10.9. The fourth-order valence-corrected chi connectivity index (χ4v) is 2.84. The van der Waals surface area contributed by atoms with Gasteiger partial charge in [0.15, 0.2) is 18.4 Å². The van der Waals surface area contributed by atoms with Gasteiger partial charge in [0.1, 0.15) is 18.1 Å². The van der Waals surface area contributed by atoms with Crippen LogP contribution in [-0.2, 0) is 14.3 Å². The molecule has 4 rings (SSSR count). The average Bonchev–Trinajstić information content (AvgIpc) is 3.28. The van der Waals surface area contributed by atoms with Crippen molar-refractivity contribution >= 4 is 17.4 Å². The highest BCUT2D eigenvalue weighted by Crippen LogP contribution is 2.24. The highest BCUT2D eigenvalue weighted by Gasteiger charge is 2.10. The number of fused-ring (bicyclic) bond motifs is 1. The Morgan fingerprint density at radius 1 is 1.06 bits per heavy atom. The van der Waals surface area contributed by atoms with Gasteiger partial charge < -0.3 is 19.3 Å². The van der Waals surface area contributed by atoms with Gasteiger partial charge in [-0.3, -0.25) is 4.79 Å². The van der Waals surface area contributed by atoms with Gasteiger partial charge in [-0.1, -0.05) is 11.3 Å². The number of phenols is 1. The van der Waals surface area contributed by atoms with Crippen LogP contribution in [0.4, 0.5) is 4.39 Å². The van der Waals surface area contributed by atoms with Crippen LogP contribution in [0.5, 0.6) is 11.5 Å². The number of hydrogen-bond donors (Lipinski definition) is 1. The highest BCUT2D eigenvalue weighted by atomic mass is 19.1. The maximum atomic E-state index is 13.6. The van der Waals surface area contributed by atoms with E-state index in [9.17, 15) is 14.3 Å².